The molecule has 0 saturated heterocycles. The van der Waals surface area contributed by atoms with Gasteiger partial charge in [0.25, 0.3) is 0 Å². The van der Waals surface area contributed by atoms with Gasteiger partial charge in [-0.2, -0.15) is 0 Å². The maximum Gasteiger partial charge on any atom is 0.336 e. The summed E-state index contributed by atoms with van der Waals surface area (Å²) in [4.78, 5) is 23.7. The van der Waals surface area contributed by atoms with Gasteiger partial charge in [0.1, 0.15) is 17.4 Å². The van der Waals surface area contributed by atoms with Crippen LogP contribution in [0.2, 0.25) is 0 Å². The van der Waals surface area contributed by atoms with Gasteiger partial charge in [-0.25, -0.2) is 4.79 Å². The third-order valence-corrected chi connectivity index (χ3v) is 4.61. The lowest BCUT2D eigenvalue weighted by Gasteiger charge is -2.17. The van der Waals surface area contributed by atoms with Crippen LogP contribution in [0.1, 0.15) is 25.8 Å². The molecule has 146 valence electrons. The Morgan fingerprint density at radius 3 is 2.50 bits per heavy atom. The lowest BCUT2D eigenvalue weighted by Crippen LogP contribution is -2.37. The van der Waals surface area contributed by atoms with E-state index >= 15 is 0 Å². The maximum atomic E-state index is 12.2. The Balaban J connectivity index is 2.06. The van der Waals surface area contributed by atoms with E-state index in [0.29, 0.717) is 22.9 Å². The molecule has 6 nitrogen and oxygen atoms in total. The lowest BCUT2D eigenvalue weighted by atomic mass is 9.99. The number of carbonyl (C=O) groups is 1. The van der Waals surface area contributed by atoms with Crippen molar-refractivity contribution in [2.45, 2.75) is 32.9 Å². The molecule has 0 saturated carbocycles. The molecule has 3 rings (SSSR count). The molecule has 0 radical (unpaired) electrons. The van der Waals surface area contributed by atoms with Gasteiger partial charge in [0.05, 0.1) is 5.56 Å². The van der Waals surface area contributed by atoms with E-state index in [2.05, 4.69) is 5.32 Å². The SMILES string of the molecule is CC(C)CC(NCc1c(O)ccc2c(-c3ccccc3)cc(=O)oc12)C(=O)O. The van der Waals surface area contributed by atoms with Gasteiger partial charge in [0.15, 0.2) is 0 Å². The third kappa shape index (κ3) is 4.23. The lowest BCUT2D eigenvalue weighted by molar-refractivity contribution is -0.140. The van der Waals surface area contributed by atoms with Crippen LogP contribution in [0.4, 0.5) is 0 Å². The van der Waals surface area contributed by atoms with E-state index in [1.54, 1.807) is 6.07 Å². The molecule has 0 aliphatic heterocycles. The Hall–Kier alpha value is -3.12. The number of fused-ring (bicyclic) bond motifs is 1. The highest BCUT2D eigenvalue weighted by atomic mass is 16.4. The predicted molar refractivity (Wildman–Crippen MR) is 107 cm³/mol. The van der Waals surface area contributed by atoms with Gasteiger partial charge in [-0.3, -0.25) is 4.79 Å². The van der Waals surface area contributed by atoms with Crippen molar-refractivity contribution in [1.29, 1.82) is 0 Å². The van der Waals surface area contributed by atoms with Crippen molar-refractivity contribution >= 4 is 16.9 Å². The fourth-order valence-corrected chi connectivity index (χ4v) is 3.27. The highest BCUT2D eigenvalue weighted by molar-refractivity contribution is 5.95. The van der Waals surface area contributed by atoms with Crippen LogP contribution in [-0.2, 0) is 11.3 Å². The van der Waals surface area contributed by atoms with Crippen LogP contribution in [0.5, 0.6) is 5.75 Å². The van der Waals surface area contributed by atoms with E-state index in [-0.39, 0.29) is 23.8 Å². The minimum absolute atomic E-state index is 0.0537. The second-order valence-corrected chi connectivity index (χ2v) is 7.19. The van der Waals surface area contributed by atoms with Gasteiger partial charge in [-0.15, -0.1) is 0 Å². The third-order valence-electron chi connectivity index (χ3n) is 4.61. The number of hydrogen-bond donors (Lipinski definition) is 3. The van der Waals surface area contributed by atoms with Gasteiger partial charge < -0.3 is 19.9 Å². The predicted octanol–water partition coefficient (Wildman–Crippen LogP) is 3.75. The molecule has 28 heavy (non-hydrogen) atoms. The fraction of sp³-hybridized carbons (Fsp3) is 0.273. The maximum absolute atomic E-state index is 12.2. The van der Waals surface area contributed by atoms with Crippen LogP contribution in [0.3, 0.4) is 0 Å². The van der Waals surface area contributed by atoms with E-state index in [1.807, 2.05) is 44.2 Å². The van der Waals surface area contributed by atoms with E-state index in [0.717, 1.165) is 5.56 Å². The van der Waals surface area contributed by atoms with Crippen LogP contribution in [0.25, 0.3) is 22.1 Å². The molecule has 2 aromatic carbocycles. The first-order valence-corrected chi connectivity index (χ1v) is 9.17. The Morgan fingerprint density at radius 1 is 1.14 bits per heavy atom. The Morgan fingerprint density at radius 2 is 1.86 bits per heavy atom. The van der Waals surface area contributed by atoms with Crippen molar-refractivity contribution in [3.05, 3.63) is 64.5 Å². The molecule has 3 N–H and O–H groups in total. The molecule has 6 heteroatoms. The molecular weight excluding hydrogens is 358 g/mol. The van der Waals surface area contributed by atoms with E-state index in [1.165, 1.54) is 12.1 Å². The van der Waals surface area contributed by atoms with Crippen molar-refractivity contribution in [1.82, 2.24) is 5.32 Å². The van der Waals surface area contributed by atoms with E-state index in [4.69, 9.17) is 4.42 Å². The average molecular weight is 381 g/mol. The molecule has 0 aliphatic carbocycles. The molecule has 0 amide bonds. The van der Waals surface area contributed by atoms with Crippen LogP contribution in [-0.4, -0.2) is 22.2 Å². The largest absolute Gasteiger partial charge is 0.507 e. The van der Waals surface area contributed by atoms with Gasteiger partial charge in [-0.05, 0) is 35.6 Å². The highest BCUT2D eigenvalue weighted by Gasteiger charge is 2.21. The first-order chi connectivity index (χ1) is 13.4. The molecule has 0 aliphatic rings. The molecule has 3 aromatic rings. The monoisotopic (exact) mass is 381 g/mol. The summed E-state index contributed by atoms with van der Waals surface area (Å²) in [6, 6.07) is 13.3. The number of aliphatic carboxylic acids is 1. The second kappa shape index (κ2) is 8.27. The second-order valence-electron chi connectivity index (χ2n) is 7.19. The minimum Gasteiger partial charge on any atom is -0.507 e. The molecule has 0 spiro atoms. The zero-order chi connectivity index (χ0) is 20.3. The van der Waals surface area contributed by atoms with Gasteiger partial charge in [0, 0.05) is 18.0 Å². The van der Waals surface area contributed by atoms with Crippen molar-refractivity contribution in [2.75, 3.05) is 0 Å². The summed E-state index contributed by atoms with van der Waals surface area (Å²) >= 11 is 0. The standard InChI is InChI=1S/C22H23NO5/c1-13(2)10-18(22(26)27)23-12-17-19(24)9-8-15-16(11-20(25)28-21(15)17)14-6-4-3-5-7-14/h3-9,11,13,18,23-24H,10,12H2,1-2H3,(H,26,27). The smallest absolute Gasteiger partial charge is 0.336 e. The summed E-state index contributed by atoms with van der Waals surface area (Å²) in [6.45, 7) is 3.95. The van der Waals surface area contributed by atoms with Crippen LogP contribution in [0.15, 0.2) is 57.7 Å². The zero-order valence-corrected chi connectivity index (χ0v) is 15.8. The number of phenols is 1. The van der Waals surface area contributed by atoms with Gasteiger partial charge in [0.2, 0.25) is 0 Å². The van der Waals surface area contributed by atoms with Crippen molar-refractivity contribution in [3.8, 4) is 16.9 Å². The van der Waals surface area contributed by atoms with Gasteiger partial charge in [-0.1, -0.05) is 44.2 Å². The highest BCUT2D eigenvalue weighted by Crippen LogP contribution is 2.33. The first-order valence-electron chi connectivity index (χ1n) is 9.17. The Bertz CT molecular complexity index is 1040. The van der Waals surface area contributed by atoms with Crippen LogP contribution < -0.4 is 10.9 Å². The molecule has 1 unspecified atom stereocenters. The van der Waals surface area contributed by atoms with Crippen LogP contribution >= 0.6 is 0 Å². The molecule has 1 aromatic heterocycles. The normalized spacial score (nSPS) is 12.4. The quantitative estimate of drug-likeness (QED) is 0.539. The molecule has 1 atom stereocenters. The Labute approximate surface area is 162 Å². The number of carboxylic acid groups (broad SMARTS) is 1. The van der Waals surface area contributed by atoms with E-state index < -0.39 is 17.6 Å². The van der Waals surface area contributed by atoms with E-state index in [9.17, 15) is 19.8 Å². The number of benzene rings is 2. The number of hydrogen-bond acceptors (Lipinski definition) is 5. The zero-order valence-electron chi connectivity index (χ0n) is 15.8. The number of aromatic hydroxyl groups is 1. The number of rotatable bonds is 7. The molecule has 0 fully saturated rings. The number of phenolic OH excluding ortho intramolecular Hbond substituents is 1. The topological polar surface area (TPSA) is 99.8 Å². The first kappa shape index (κ1) is 19.6. The minimum atomic E-state index is -0.958. The van der Waals surface area contributed by atoms with Crippen molar-refractivity contribution < 1.29 is 19.4 Å². The summed E-state index contributed by atoms with van der Waals surface area (Å²) in [6.07, 6.45) is 0.445. The summed E-state index contributed by atoms with van der Waals surface area (Å²) in [5.74, 6) is -0.820. The molecule has 0 bridgehead atoms. The average Bonchev–Trinajstić information content (AvgIpc) is 2.65. The molecular formula is C22H23NO5. The van der Waals surface area contributed by atoms with Gasteiger partial charge >= 0.3 is 11.6 Å². The summed E-state index contributed by atoms with van der Waals surface area (Å²) < 4.78 is 5.41. The molecule has 1 heterocycles. The van der Waals surface area contributed by atoms with Crippen molar-refractivity contribution in [3.63, 3.8) is 0 Å². The van der Waals surface area contributed by atoms with Crippen LogP contribution in [0, 0.1) is 5.92 Å². The summed E-state index contributed by atoms with van der Waals surface area (Å²) in [7, 11) is 0. The summed E-state index contributed by atoms with van der Waals surface area (Å²) in [5, 5.41) is 23.4. The number of nitrogens with one attached hydrogen (secondary N) is 1. The number of carboxylic acids is 1. The summed E-state index contributed by atoms with van der Waals surface area (Å²) in [5.41, 5.74) is 1.64. The Kier molecular flexibility index (Phi) is 5.80. The van der Waals surface area contributed by atoms with Crippen molar-refractivity contribution in [2.24, 2.45) is 5.92 Å². The fourth-order valence-electron chi connectivity index (χ4n) is 3.27.